The molecule has 0 bridgehead atoms. The van der Waals surface area contributed by atoms with Gasteiger partial charge in [0.25, 0.3) is 11.8 Å². The molecule has 0 spiro atoms. The number of carbonyl (C=O) groups is 1. The van der Waals surface area contributed by atoms with Crippen LogP contribution in [0.3, 0.4) is 0 Å². The molecule has 0 atom stereocenters. The van der Waals surface area contributed by atoms with Gasteiger partial charge >= 0.3 is 0 Å². The Balaban J connectivity index is 2.24. The van der Waals surface area contributed by atoms with E-state index in [-0.39, 0.29) is 17.7 Å². The number of hydrogen-bond acceptors (Lipinski definition) is 6. The molecular formula is C12H14ClN5O2. The van der Waals surface area contributed by atoms with Crippen molar-refractivity contribution >= 4 is 23.3 Å². The van der Waals surface area contributed by atoms with Gasteiger partial charge < -0.3 is 4.52 Å². The zero-order valence-electron chi connectivity index (χ0n) is 11.1. The fraction of sp³-hybridized carbons (Fsp3) is 0.333. The summed E-state index contributed by atoms with van der Waals surface area (Å²) in [5.41, 5.74) is 5.69. The van der Waals surface area contributed by atoms with E-state index >= 15 is 0 Å². The minimum atomic E-state index is -0.364. The number of pyridine rings is 1. The second kappa shape index (κ2) is 6.33. The summed E-state index contributed by atoms with van der Waals surface area (Å²) in [6.07, 6.45) is 1.58. The van der Waals surface area contributed by atoms with E-state index < -0.39 is 0 Å². The molecule has 0 aliphatic carbocycles. The van der Waals surface area contributed by atoms with Crippen molar-refractivity contribution in [2.24, 2.45) is 0 Å². The molecule has 1 amide bonds. The number of hydrogen-bond donors (Lipinski definition) is 2. The highest BCUT2D eigenvalue weighted by molar-refractivity contribution is 6.27. The third kappa shape index (κ3) is 3.24. The van der Waals surface area contributed by atoms with Gasteiger partial charge in [-0.05, 0) is 12.1 Å². The van der Waals surface area contributed by atoms with Crippen LogP contribution in [0.15, 0.2) is 22.9 Å². The highest BCUT2D eigenvalue weighted by atomic mass is 35.5. The van der Waals surface area contributed by atoms with E-state index in [2.05, 4.69) is 26.0 Å². The molecule has 2 aromatic heterocycles. The van der Waals surface area contributed by atoms with E-state index in [4.69, 9.17) is 16.1 Å². The maximum atomic E-state index is 11.1. The molecule has 106 valence electrons. The number of carbonyl (C=O) groups excluding carboxylic acids is 1. The lowest BCUT2D eigenvalue weighted by Gasteiger charge is -2.08. The minimum Gasteiger partial charge on any atom is -0.334 e. The monoisotopic (exact) mass is 295 g/mol. The standard InChI is InChI=1S/C12H14ClN5O2/c1-7(2)10-15-12(20-18-10)8-4-3-5-14-11(8)17-16-9(19)6-13/h3-5,7H,6H2,1-2H3,(H,14,17)(H,16,19). The van der Waals surface area contributed by atoms with Crippen LogP contribution in [-0.4, -0.2) is 26.9 Å². The van der Waals surface area contributed by atoms with Crippen molar-refractivity contribution < 1.29 is 9.32 Å². The highest BCUT2D eigenvalue weighted by Gasteiger charge is 2.15. The molecule has 0 aliphatic heterocycles. The molecule has 2 heterocycles. The summed E-state index contributed by atoms with van der Waals surface area (Å²) in [5.74, 6) is 1.01. The van der Waals surface area contributed by atoms with Crippen LogP contribution in [-0.2, 0) is 4.79 Å². The summed E-state index contributed by atoms with van der Waals surface area (Å²) < 4.78 is 5.21. The lowest BCUT2D eigenvalue weighted by atomic mass is 10.2. The van der Waals surface area contributed by atoms with Crippen molar-refractivity contribution in [3.8, 4) is 11.5 Å². The lowest BCUT2D eigenvalue weighted by molar-refractivity contribution is -0.118. The van der Waals surface area contributed by atoms with Crippen molar-refractivity contribution in [3.63, 3.8) is 0 Å². The first-order valence-corrected chi connectivity index (χ1v) is 6.55. The van der Waals surface area contributed by atoms with Crippen LogP contribution < -0.4 is 10.9 Å². The van der Waals surface area contributed by atoms with E-state index in [1.54, 1.807) is 18.3 Å². The number of rotatable bonds is 5. The number of aromatic nitrogens is 3. The van der Waals surface area contributed by atoms with E-state index in [0.29, 0.717) is 23.1 Å². The largest absolute Gasteiger partial charge is 0.334 e. The van der Waals surface area contributed by atoms with Crippen LogP contribution >= 0.6 is 11.6 Å². The van der Waals surface area contributed by atoms with Gasteiger partial charge in [-0.25, -0.2) is 4.98 Å². The van der Waals surface area contributed by atoms with Crippen LogP contribution in [0.4, 0.5) is 5.82 Å². The normalized spacial score (nSPS) is 10.6. The van der Waals surface area contributed by atoms with Gasteiger partial charge in [0.2, 0.25) is 0 Å². The van der Waals surface area contributed by atoms with Gasteiger partial charge in [0.1, 0.15) is 5.88 Å². The first-order chi connectivity index (χ1) is 9.61. The zero-order valence-corrected chi connectivity index (χ0v) is 11.8. The van der Waals surface area contributed by atoms with E-state index in [0.717, 1.165) is 0 Å². The second-order valence-corrected chi connectivity index (χ2v) is 4.59. The van der Waals surface area contributed by atoms with Gasteiger partial charge in [-0.1, -0.05) is 19.0 Å². The van der Waals surface area contributed by atoms with Gasteiger partial charge in [-0.15, -0.1) is 11.6 Å². The Morgan fingerprint density at radius 3 is 2.95 bits per heavy atom. The predicted molar refractivity (Wildman–Crippen MR) is 74.1 cm³/mol. The molecule has 20 heavy (non-hydrogen) atoms. The Morgan fingerprint density at radius 2 is 2.30 bits per heavy atom. The maximum absolute atomic E-state index is 11.1. The Bertz CT molecular complexity index is 599. The predicted octanol–water partition coefficient (Wildman–Crippen LogP) is 1.94. The number of nitrogens with zero attached hydrogens (tertiary/aromatic N) is 3. The van der Waals surface area contributed by atoms with Crippen molar-refractivity contribution in [2.45, 2.75) is 19.8 Å². The van der Waals surface area contributed by atoms with Crippen molar-refractivity contribution in [2.75, 3.05) is 11.3 Å². The summed E-state index contributed by atoms with van der Waals surface area (Å²) >= 11 is 5.40. The van der Waals surface area contributed by atoms with Crippen LogP contribution in [0.2, 0.25) is 0 Å². The van der Waals surface area contributed by atoms with Crippen molar-refractivity contribution in [1.82, 2.24) is 20.6 Å². The summed E-state index contributed by atoms with van der Waals surface area (Å²) in [5, 5.41) is 3.89. The number of hydrazine groups is 1. The molecular weight excluding hydrogens is 282 g/mol. The van der Waals surface area contributed by atoms with Crippen molar-refractivity contribution in [1.29, 1.82) is 0 Å². The number of anilines is 1. The number of halogens is 1. The van der Waals surface area contributed by atoms with Crippen LogP contribution in [0, 0.1) is 0 Å². The Labute approximate surface area is 120 Å². The van der Waals surface area contributed by atoms with Crippen LogP contribution in [0.1, 0.15) is 25.6 Å². The molecule has 2 rings (SSSR count). The third-order valence-electron chi connectivity index (χ3n) is 2.44. The lowest BCUT2D eigenvalue weighted by Crippen LogP contribution is -2.30. The fourth-order valence-electron chi connectivity index (χ4n) is 1.42. The van der Waals surface area contributed by atoms with Gasteiger partial charge in [0, 0.05) is 12.1 Å². The number of amides is 1. The SMILES string of the molecule is CC(C)c1noc(-c2cccnc2NNC(=O)CCl)n1. The Hall–Kier alpha value is -2.15. The van der Waals surface area contributed by atoms with Gasteiger partial charge in [0.15, 0.2) is 11.6 Å². The maximum Gasteiger partial charge on any atom is 0.261 e. The molecule has 8 heteroatoms. The van der Waals surface area contributed by atoms with Crippen molar-refractivity contribution in [3.05, 3.63) is 24.2 Å². The van der Waals surface area contributed by atoms with Gasteiger partial charge in [0.05, 0.1) is 5.56 Å². The number of alkyl halides is 1. The molecule has 0 radical (unpaired) electrons. The smallest absolute Gasteiger partial charge is 0.261 e. The van der Waals surface area contributed by atoms with Crippen LogP contribution in [0.5, 0.6) is 0 Å². The fourth-order valence-corrected chi connectivity index (χ4v) is 1.49. The zero-order chi connectivity index (χ0) is 14.5. The molecule has 0 aliphatic rings. The molecule has 0 saturated carbocycles. The third-order valence-corrected chi connectivity index (χ3v) is 2.68. The number of nitrogens with one attached hydrogen (secondary N) is 2. The molecule has 7 nitrogen and oxygen atoms in total. The summed E-state index contributed by atoms with van der Waals surface area (Å²) in [4.78, 5) is 19.6. The quantitative estimate of drug-likeness (QED) is 0.647. The first-order valence-electron chi connectivity index (χ1n) is 6.01. The summed E-state index contributed by atoms with van der Waals surface area (Å²) in [6, 6.07) is 3.50. The Kier molecular flexibility index (Phi) is 4.52. The van der Waals surface area contributed by atoms with E-state index in [1.807, 2.05) is 13.8 Å². The molecule has 0 aromatic carbocycles. The first kappa shape index (κ1) is 14.3. The summed E-state index contributed by atoms with van der Waals surface area (Å²) in [6.45, 7) is 3.94. The average molecular weight is 296 g/mol. The highest BCUT2D eigenvalue weighted by Crippen LogP contribution is 2.25. The van der Waals surface area contributed by atoms with Gasteiger partial charge in [-0.3, -0.25) is 15.6 Å². The summed E-state index contributed by atoms with van der Waals surface area (Å²) in [7, 11) is 0. The van der Waals surface area contributed by atoms with Crippen LogP contribution in [0.25, 0.3) is 11.5 Å². The Morgan fingerprint density at radius 1 is 1.50 bits per heavy atom. The molecule has 0 unspecified atom stereocenters. The molecule has 2 aromatic rings. The average Bonchev–Trinajstić information content (AvgIpc) is 2.95. The topological polar surface area (TPSA) is 92.9 Å². The van der Waals surface area contributed by atoms with E-state index in [9.17, 15) is 4.79 Å². The minimum absolute atomic E-state index is 0.146. The van der Waals surface area contributed by atoms with E-state index in [1.165, 1.54) is 0 Å². The molecule has 2 N–H and O–H groups in total. The molecule has 0 fully saturated rings. The van der Waals surface area contributed by atoms with Gasteiger partial charge in [-0.2, -0.15) is 4.98 Å². The molecule has 0 saturated heterocycles. The second-order valence-electron chi connectivity index (χ2n) is 4.32.